The van der Waals surface area contributed by atoms with Crippen LogP contribution in [0.25, 0.3) is 0 Å². The molecule has 0 aliphatic heterocycles. The molecule has 2 aromatic carbocycles. The molecule has 0 N–H and O–H groups in total. The van der Waals surface area contributed by atoms with Gasteiger partial charge in [0.15, 0.2) is 0 Å². The Kier molecular flexibility index (Phi) is 5.52. The topological polar surface area (TPSA) is 52.6 Å². The zero-order valence-electron chi connectivity index (χ0n) is 14.9. The van der Waals surface area contributed by atoms with Crippen LogP contribution in [0.3, 0.4) is 0 Å². The number of esters is 2. The van der Waals surface area contributed by atoms with Gasteiger partial charge in [0.05, 0.1) is 26.1 Å². The van der Waals surface area contributed by atoms with Gasteiger partial charge in [-0.2, -0.15) is 0 Å². The Morgan fingerprint density at radius 3 is 1.31 bits per heavy atom. The predicted octanol–water partition coefficient (Wildman–Crippen LogP) is 3.70. The summed E-state index contributed by atoms with van der Waals surface area (Å²) in [5.41, 5.74) is 1.94. The molecule has 4 atom stereocenters. The van der Waals surface area contributed by atoms with Crippen molar-refractivity contribution in [3.05, 3.63) is 83.9 Å². The van der Waals surface area contributed by atoms with E-state index in [0.29, 0.717) is 0 Å². The van der Waals surface area contributed by atoms with Gasteiger partial charge in [-0.3, -0.25) is 9.59 Å². The van der Waals surface area contributed by atoms with Crippen molar-refractivity contribution in [3.63, 3.8) is 0 Å². The minimum absolute atomic E-state index is 0.243. The average molecular weight is 350 g/mol. The lowest BCUT2D eigenvalue weighted by Crippen LogP contribution is -2.40. The van der Waals surface area contributed by atoms with Crippen LogP contribution in [-0.2, 0) is 19.1 Å². The van der Waals surface area contributed by atoms with E-state index >= 15 is 0 Å². The van der Waals surface area contributed by atoms with Crippen molar-refractivity contribution < 1.29 is 19.1 Å². The largest absolute Gasteiger partial charge is 0.469 e. The van der Waals surface area contributed by atoms with Crippen molar-refractivity contribution in [3.8, 4) is 0 Å². The SMILES string of the molecule is COC(=O)C1C(c2ccccc2)C=CC(c2ccccc2)C1C(=O)OC. The first-order valence-electron chi connectivity index (χ1n) is 8.61. The summed E-state index contributed by atoms with van der Waals surface area (Å²) in [5.74, 6) is -2.59. The third-order valence-electron chi connectivity index (χ3n) is 5.00. The van der Waals surface area contributed by atoms with Crippen LogP contribution in [0.4, 0.5) is 0 Å². The number of benzene rings is 2. The summed E-state index contributed by atoms with van der Waals surface area (Å²) in [5, 5.41) is 0. The van der Waals surface area contributed by atoms with Crippen molar-refractivity contribution in [1.82, 2.24) is 0 Å². The molecule has 0 radical (unpaired) electrons. The van der Waals surface area contributed by atoms with Crippen LogP contribution in [-0.4, -0.2) is 26.2 Å². The number of rotatable bonds is 4. The van der Waals surface area contributed by atoms with E-state index in [4.69, 9.17) is 9.47 Å². The fourth-order valence-corrected chi connectivity index (χ4v) is 3.77. The van der Waals surface area contributed by atoms with Crippen LogP contribution in [0, 0.1) is 11.8 Å². The van der Waals surface area contributed by atoms with Gasteiger partial charge in [-0.05, 0) is 11.1 Å². The average Bonchev–Trinajstić information content (AvgIpc) is 2.72. The zero-order valence-corrected chi connectivity index (χ0v) is 14.9. The molecule has 0 saturated carbocycles. The number of carbonyl (C=O) groups excluding carboxylic acids is 2. The summed E-state index contributed by atoms with van der Waals surface area (Å²) < 4.78 is 10.1. The molecule has 0 fully saturated rings. The lowest BCUT2D eigenvalue weighted by atomic mass is 9.66. The van der Waals surface area contributed by atoms with E-state index < -0.39 is 23.8 Å². The summed E-state index contributed by atoms with van der Waals surface area (Å²) in [6.45, 7) is 0. The van der Waals surface area contributed by atoms with E-state index in [0.717, 1.165) is 11.1 Å². The number of methoxy groups -OCH3 is 2. The Balaban J connectivity index is 2.12. The predicted molar refractivity (Wildman–Crippen MR) is 98.5 cm³/mol. The van der Waals surface area contributed by atoms with E-state index in [2.05, 4.69) is 0 Å². The highest BCUT2D eigenvalue weighted by atomic mass is 16.5. The molecule has 1 aliphatic rings. The fourth-order valence-electron chi connectivity index (χ4n) is 3.77. The third-order valence-corrected chi connectivity index (χ3v) is 5.00. The Morgan fingerprint density at radius 2 is 1.00 bits per heavy atom. The maximum Gasteiger partial charge on any atom is 0.310 e. The Labute approximate surface area is 153 Å². The first-order chi connectivity index (χ1) is 12.7. The molecule has 0 heterocycles. The first-order valence-corrected chi connectivity index (χ1v) is 8.61. The molecular weight excluding hydrogens is 328 g/mol. The number of allylic oxidation sites excluding steroid dienone is 2. The Hall–Kier alpha value is -2.88. The minimum atomic E-state index is -0.648. The van der Waals surface area contributed by atoms with Gasteiger partial charge >= 0.3 is 11.9 Å². The van der Waals surface area contributed by atoms with Crippen molar-refractivity contribution in [2.75, 3.05) is 14.2 Å². The van der Waals surface area contributed by atoms with Crippen molar-refractivity contribution >= 4 is 11.9 Å². The van der Waals surface area contributed by atoms with Gasteiger partial charge in [0, 0.05) is 11.8 Å². The molecule has 4 heteroatoms. The van der Waals surface area contributed by atoms with Crippen LogP contribution in [0.2, 0.25) is 0 Å². The quantitative estimate of drug-likeness (QED) is 0.623. The van der Waals surface area contributed by atoms with Crippen LogP contribution in [0.15, 0.2) is 72.8 Å². The summed E-state index contributed by atoms with van der Waals surface area (Å²) in [7, 11) is 2.71. The van der Waals surface area contributed by atoms with Gasteiger partial charge < -0.3 is 9.47 Å². The molecule has 0 aromatic heterocycles. The van der Waals surface area contributed by atoms with Crippen LogP contribution < -0.4 is 0 Å². The molecule has 0 saturated heterocycles. The van der Waals surface area contributed by atoms with Crippen molar-refractivity contribution in [2.24, 2.45) is 11.8 Å². The van der Waals surface area contributed by atoms with Gasteiger partial charge in [0.2, 0.25) is 0 Å². The molecular formula is C22H22O4. The highest BCUT2D eigenvalue weighted by Crippen LogP contribution is 2.45. The second-order valence-electron chi connectivity index (χ2n) is 6.36. The fraction of sp³-hybridized carbons (Fsp3) is 0.273. The molecule has 134 valence electrons. The minimum Gasteiger partial charge on any atom is -0.469 e. The van der Waals surface area contributed by atoms with Gasteiger partial charge in [-0.25, -0.2) is 0 Å². The van der Waals surface area contributed by atoms with Gasteiger partial charge in [0.25, 0.3) is 0 Å². The monoisotopic (exact) mass is 350 g/mol. The van der Waals surface area contributed by atoms with Gasteiger partial charge in [-0.15, -0.1) is 0 Å². The lowest BCUT2D eigenvalue weighted by molar-refractivity contribution is -0.159. The maximum atomic E-state index is 12.7. The smallest absolute Gasteiger partial charge is 0.310 e. The maximum absolute atomic E-state index is 12.7. The Morgan fingerprint density at radius 1 is 0.654 bits per heavy atom. The van der Waals surface area contributed by atoms with Gasteiger partial charge in [-0.1, -0.05) is 72.8 Å². The van der Waals surface area contributed by atoms with Crippen molar-refractivity contribution in [2.45, 2.75) is 11.8 Å². The molecule has 2 aromatic rings. The molecule has 0 amide bonds. The summed E-state index contributed by atoms with van der Waals surface area (Å²) in [4.78, 5) is 25.4. The summed E-state index contributed by atoms with van der Waals surface area (Å²) in [6.07, 6.45) is 4.02. The summed E-state index contributed by atoms with van der Waals surface area (Å²) in [6, 6.07) is 19.4. The first kappa shape index (κ1) is 17.9. The van der Waals surface area contributed by atoms with Crippen LogP contribution in [0.1, 0.15) is 23.0 Å². The number of hydrogen-bond donors (Lipinski definition) is 0. The molecule has 26 heavy (non-hydrogen) atoms. The van der Waals surface area contributed by atoms with Crippen LogP contribution >= 0.6 is 0 Å². The molecule has 4 unspecified atom stereocenters. The normalized spacial score (nSPS) is 24.7. The van der Waals surface area contributed by atoms with E-state index in [1.807, 2.05) is 72.8 Å². The lowest BCUT2D eigenvalue weighted by Gasteiger charge is -2.36. The second kappa shape index (κ2) is 8.00. The van der Waals surface area contributed by atoms with E-state index in [1.165, 1.54) is 14.2 Å². The zero-order chi connectivity index (χ0) is 18.5. The summed E-state index contributed by atoms with van der Waals surface area (Å²) >= 11 is 0. The highest BCUT2D eigenvalue weighted by molar-refractivity contribution is 5.85. The van der Waals surface area contributed by atoms with Crippen molar-refractivity contribution in [1.29, 1.82) is 0 Å². The molecule has 0 bridgehead atoms. The number of carbonyl (C=O) groups is 2. The van der Waals surface area contributed by atoms with Gasteiger partial charge in [0.1, 0.15) is 0 Å². The van der Waals surface area contributed by atoms with E-state index in [1.54, 1.807) is 0 Å². The van der Waals surface area contributed by atoms with E-state index in [9.17, 15) is 9.59 Å². The van der Waals surface area contributed by atoms with E-state index in [-0.39, 0.29) is 11.8 Å². The number of hydrogen-bond acceptors (Lipinski definition) is 4. The molecule has 0 spiro atoms. The molecule has 3 rings (SSSR count). The Bertz CT molecular complexity index is 715. The molecule has 1 aliphatic carbocycles. The number of ether oxygens (including phenoxy) is 2. The second-order valence-corrected chi connectivity index (χ2v) is 6.36. The molecule has 4 nitrogen and oxygen atoms in total. The third kappa shape index (κ3) is 3.40. The van der Waals surface area contributed by atoms with Crippen LogP contribution in [0.5, 0.6) is 0 Å². The standard InChI is InChI=1S/C22H22O4/c1-25-21(23)19-17(15-9-5-3-6-10-15)13-14-18(20(19)22(24)26-2)16-11-7-4-8-12-16/h3-14,17-20H,1-2H3. The highest BCUT2D eigenvalue weighted by Gasteiger charge is 2.47.